The number of halogens is 1. The quantitative estimate of drug-likeness (QED) is 0.718. The Morgan fingerprint density at radius 1 is 1.57 bits per heavy atom. The standard InChI is InChI=1S/C10H19ClN2O/c1-8-6-13(7-9(8)5-12)10(14)3-2-4-11/h8-9H,2-7,12H2,1H3/t8-,9-/m1/s1. The van der Waals surface area contributed by atoms with Crippen molar-refractivity contribution in [1.82, 2.24) is 4.90 Å². The molecule has 1 aliphatic heterocycles. The first kappa shape index (κ1) is 11.8. The summed E-state index contributed by atoms with van der Waals surface area (Å²) in [6.07, 6.45) is 1.35. The lowest BCUT2D eigenvalue weighted by Crippen LogP contribution is -2.29. The number of hydrogen-bond donors (Lipinski definition) is 1. The van der Waals surface area contributed by atoms with Gasteiger partial charge in [-0.05, 0) is 24.8 Å². The van der Waals surface area contributed by atoms with Gasteiger partial charge in [-0.3, -0.25) is 4.79 Å². The van der Waals surface area contributed by atoms with Crippen molar-refractivity contribution in [2.75, 3.05) is 25.5 Å². The minimum atomic E-state index is 0.230. The van der Waals surface area contributed by atoms with Gasteiger partial charge >= 0.3 is 0 Å². The van der Waals surface area contributed by atoms with E-state index in [2.05, 4.69) is 6.92 Å². The molecule has 1 saturated heterocycles. The minimum Gasteiger partial charge on any atom is -0.342 e. The molecule has 2 atom stereocenters. The second-order valence-electron chi connectivity index (χ2n) is 4.06. The number of nitrogens with zero attached hydrogens (tertiary/aromatic N) is 1. The van der Waals surface area contributed by atoms with E-state index >= 15 is 0 Å². The summed E-state index contributed by atoms with van der Waals surface area (Å²) in [4.78, 5) is 13.6. The molecule has 0 aliphatic carbocycles. The van der Waals surface area contributed by atoms with Gasteiger partial charge in [0.2, 0.25) is 5.91 Å². The molecule has 0 aromatic rings. The van der Waals surface area contributed by atoms with Gasteiger partial charge in [-0.2, -0.15) is 0 Å². The third-order valence-corrected chi connectivity index (χ3v) is 3.21. The van der Waals surface area contributed by atoms with Crippen molar-refractivity contribution in [3.8, 4) is 0 Å². The highest BCUT2D eigenvalue weighted by molar-refractivity contribution is 6.17. The van der Waals surface area contributed by atoms with E-state index in [0.29, 0.717) is 30.7 Å². The lowest BCUT2D eigenvalue weighted by Gasteiger charge is -2.15. The summed E-state index contributed by atoms with van der Waals surface area (Å²) in [5.74, 6) is 1.82. The average Bonchev–Trinajstić information content (AvgIpc) is 2.56. The summed E-state index contributed by atoms with van der Waals surface area (Å²) in [6.45, 7) is 4.54. The molecular formula is C10H19ClN2O. The zero-order valence-electron chi connectivity index (χ0n) is 8.71. The molecule has 82 valence electrons. The smallest absolute Gasteiger partial charge is 0.222 e. The highest BCUT2D eigenvalue weighted by atomic mass is 35.5. The van der Waals surface area contributed by atoms with E-state index in [9.17, 15) is 4.79 Å². The zero-order valence-corrected chi connectivity index (χ0v) is 9.46. The van der Waals surface area contributed by atoms with Crippen molar-refractivity contribution in [3.63, 3.8) is 0 Å². The maximum atomic E-state index is 11.6. The molecule has 4 heteroatoms. The summed E-state index contributed by atoms with van der Waals surface area (Å²) in [6, 6.07) is 0. The van der Waals surface area contributed by atoms with Crippen molar-refractivity contribution >= 4 is 17.5 Å². The molecule has 14 heavy (non-hydrogen) atoms. The van der Waals surface area contributed by atoms with E-state index < -0.39 is 0 Å². The van der Waals surface area contributed by atoms with Crippen LogP contribution in [0.25, 0.3) is 0 Å². The third-order valence-electron chi connectivity index (χ3n) is 2.95. The number of carbonyl (C=O) groups excluding carboxylic acids is 1. The average molecular weight is 219 g/mol. The predicted molar refractivity (Wildman–Crippen MR) is 58.2 cm³/mol. The Bertz CT molecular complexity index is 199. The van der Waals surface area contributed by atoms with E-state index in [1.54, 1.807) is 0 Å². The number of likely N-dealkylation sites (tertiary alicyclic amines) is 1. The zero-order chi connectivity index (χ0) is 10.6. The summed E-state index contributed by atoms with van der Waals surface area (Å²) in [5, 5.41) is 0. The Morgan fingerprint density at radius 2 is 2.29 bits per heavy atom. The first-order chi connectivity index (χ1) is 6.69. The Balaban J connectivity index is 2.36. The fraction of sp³-hybridized carbons (Fsp3) is 0.900. The highest BCUT2D eigenvalue weighted by Gasteiger charge is 2.30. The normalized spacial score (nSPS) is 26.9. The molecule has 1 amide bonds. The van der Waals surface area contributed by atoms with E-state index in [0.717, 1.165) is 19.5 Å². The SMILES string of the molecule is C[C@@H]1CN(C(=O)CCCCl)C[C@H]1CN. The van der Waals surface area contributed by atoms with Crippen LogP contribution >= 0.6 is 11.6 Å². The monoisotopic (exact) mass is 218 g/mol. The molecule has 0 bridgehead atoms. The van der Waals surface area contributed by atoms with Crippen LogP contribution in [-0.4, -0.2) is 36.3 Å². The molecule has 0 aromatic heterocycles. The highest BCUT2D eigenvalue weighted by Crippen LogP contribution is 2.22. The number of nitrogens with two attached hydrogens (primary N) is 1. The fourth-order valence-corrected chi connectivity index (χ4v) is 2.05. The number of carbonyl (C=O) groups is 1. The molecule has 0 saturated carbocycles. The third kappa shape index (κ3) is 2.85. The van der Waals surface area contributed by atoms with Gasteiger partial charge in [-0.15, -0.1) is 11.6 Å². The summed E-state index contributed by atoms with van der Waals surface area (Å²) < 4.78 is 0. The Kier molecular flexibility index (Phi) is 4.69. The number of amides is 1. The van der Waals surface area contributed by atoms with Crippen LogP contribution in [-0.2, 0) is 4.79 Å². The van der Waals surface area contributed by atoms with E-state index in [-0.39, 0.29) is 5.91 Å². The number of hydrogen-bond acceptors (Lipinski definition) is 2. The molecule has 1 aliphatic rings. The summed E-state index contributed by atoms with van der Waals surface area (Å²) in [5.41, 5.74) is 5.63. The Hall–Kier alpha value is -0.280. The van der Waals surface area contributed by atoms with Crippen molar-refractivity contribution in [2.24, 2.45) is 17.6 Å². The first-order valence-electron chi connectivity index (χ1n) is 5.22. The van der Waals surface area contributed by atoms with Crippen LogP contribution < -0.4 is 5.73 Å². The molecule has 0 aromatic carbocycles. The summed E-state index contributed by atoms with van der Waals surface area (Å²) in [7, 11) is 0. The molecule has 0 radical (unpaired) electrons. The van der Waals surface area contributed by atoms with Crippen LogP contribution in [0.2, 0.25) is 0 Å². The lowest BCUT2D eigenvalue weighted by atomic mass is 9.99. The molecular weight excluding hydrogens is 200 g/mol. The van der Waals surface area contributed by atoms with Gasteiger partial charge in [0.25, 0.3) is 0 Å². The predicted octanol–water partition coefficient (Wildman–Crippen LogP) is 1.06. The maximum Gasteiger partial charge on any atom is 0.222 e. The molecule has 1 fully saturated rings. The minimum absolute atomic E-state index is 0.230. The van der Waals surface area contributed by atoms with Crippen LogP contribution in [0.1, 0.15) is 19.8 Å². The van der Waals surface area contributed by atoms with Gasteiger partial charge in [-0.1, -0.05) is 6.92 Å². The topological polar surface area (TPSA) is 46.3 Å². The second-order valence-corrected chi connectivity index (χ2v) is 4.44. The van der Waals surface area contributed by atoms with Gasteiger partial charge < -0.3 is 10.6 Å². The van der Waals surface area contributed by atoms with Crippen molar-refractivity contribution in [2.45, 2.75) is 19.8 Å². The van der Waals surface area contributed by atoms with Crippen LogP contribution in [0.5, 0.6) is 0 Å². The van der Waals surface area contributed by atoms with Gasteiger partial charge in [0, 0.05) is 25.4 Å². The van der Waals surface area contributed by atoms with E-state index in [1.807, 2.05) is 4.90 Å². The van der Waals surface area contributed by atoms with Crippen LogP contribution in [0.3, 0.4) is 0 Å². The van der Waals surface area contributed by atoms with Crippen LogP contribution in [0, 0.1) is 11.8 Å². The van der Waals surface area contributed by atoms with E-state index in [1.165, 1.54) is 0 Å². The van der Waals surface area contributed by atoms with Gasteiger partial charge in [0.15, 0.2) is 0 Å². The van der Waals surface area contributed by atoms with Crippen LogP contribution in [0.4, 0.5) is 0 Å². The Labute approximate surface area is 90.6 Å². The molecule has 2 N–H and O–H groups in total. The van der Waals surface area contributed by atoms with Crippen LogP contribution in [0.15, 0.2) is 0 Å². The van der Waals surface area contributed by atoms with Crippen molar-refractivity contribution < 1.29 is 4.79 Å². The Morgan fingerprint density at radius 3 is 2.79 bits per heavy atom. The lowest BCUT2D eigenvalue weighted by molar-refractivity contribution is -0.130. The molecule has 0 unspecified atom stereocenters. The second kappa shape index (κ2) is 5.56. The molecule has 3 nitrogen and oxygen atoms in total. The number of rotatable bonds is 4. The molecule has 1 heterocycles. The van der Waals surface area contributed by atoms with Gasteiger partial charge in [0.1, 0.15) is 0 Å². The number of alkyl halides is 1. The van der Waals surface area contributed by atoms with Gasteiger partial charge in [0.05, 0.1) is 0 Å². The maximum absolute atomic E-state index is 11.6. The first-order valence-corrected chi connectivity index (χ1v) is 5.76. The summed E-state index contributed by atoms with van der Waals surface area (Å²) >= 11 is 5.55. The largest absolute Gasteiger partial charge is 0.342 e. The fourth-order valence-electron chi connectivity index (χ4n) is 1.92. The van der Waals surface area contributed by atoms with E-state index in [4.69, 9.17) is 17.3 Å². The molecule has 0 spiro atoms. The van der Waals surface area contributed by atoms with Crippen molar-refractivity contribution in [1.29, 1.82) is 0 Å². The van der Waals surface area contributed by atoms with Gasteiger partial charge in [-0.25, -0.2) is 0 Å². The van der Waals surface area contributed by atoms with Crippen molar-refractivity contribution in [3.05, 3.63) is 0 Å². The molecule has 1 rings (SSSR count).